The highest BCUT2D eigenvalue weighted by molar-refractivity contribution is 5.96. The first kappa shape index (κ1) is 22.3. The Labute approximate surface area is 197 Å². The van der Waals surface area contributed by atoms with Crippen LogP contribution >= 0.6 is 0 Å². The van der Waals surface area contributed by atoms with E-state index in [0.717, 1.165) is 24.8 Å². The van der Waals surface area contributed by atoms with Crippen molar-refractivity contribution in [1.29, 1.82) is 0 Å². The fraction of sp³-hybridized carbons (Fsp3) is 0.286. The van der Waals surface area contributed by atoms with Gasteiger partial charge in [-0.2, -0.15) is 5.10 Å². The van der Waals surface area contributed by atoms with Crippen LogP contribution in [0.25, 0.3) is 16.6 Å². The van der Waals surface area contributed by atoms with Crippen LogP contribution in [0.4, 0.5) is 8.78 Å². The SMILES string of the molecule is Cc1nn2c(C(C)C)c(C(=O)NCc3cccc4c3CCC4)ccc2c1-c1c(F)cccc1F. The Bertz CT molecular complexity index is 1400. The molecule has 0 unspecified atom stereocenters. The van der Waals surface area contributed by atoms with Gasteiger partial charge in [-0.25, -0.2) is 13.3 Å². The van der Waals surface area contributed by atoms with E-state index in [1.165, 1.54) is 29.3 Å². The lowest BCUT2D eigenvalue weighted by molar-refractivity contribution is 0.0948. The summed E-state index contributed by atoms with van der Waals surface area (Å²) >= 11 is 0. The molecule has 1 aliphatic rings. The number of aromatic nitrogens is 2. The molecule has 5 rings (SSSR count). The molecule has 0 bridgehead atoms. The van der Waals surface area contributed by atoms with Gasteiger partial charge < -0.3 is 5.32 Å². The molecular weight excluding hydrogens is 432 g/mol. The predicted molar refractivity (Wildman–Crippen MR) is 129 cm³/mol. The smallest absolute Gasteiger partial charge is 0.253 e. The third-order valence-corrected chi connectivity index (χ3v) is 6.69. The van der Waals surface area contributed by atoms with Crippen molar-refractivity contribution in [3.8, 4) is 11.1 Å². The van der Waals surface area contributed by atoms with Gasteiger partial charge in [-0.1, -0.05) is 38.1 Å². The minimum absolute atomic E-state index is 0.0389. The van der Waals surface area contributed by atoms with E-state index < -0.39 is 11.6 Å². The van der Waals surface area contributed by atoms with Gasteiger partial charge in [-0.3, -0.25) is 4.79 Å². The van der Waals surface area contributed by atoms with Crippen LogP contribution in [0, 0.1) is 18.6 Å². The number of carbonyl (C=O) groups excluding carboxylic acids is 1. The summed E-state index contributed by atoms with van der Waals surface area (Å²) in [4.78, 5) is 13.3. The second kappa shape index (κ2) is 8.67. The van der Waals surface area contributed by atoms with E-state index in [2.05, 4.69) is 22.5 Å². The standard InChI is InChI=1S/C28H27F2N3O/c1-16(2)27-21(28(34)31-15-19-9-4-7-18-8-5-10-20(18)19)13-14-24-25(17(3)32-33(24)27)26-22(29)11-6-12-23(26)30/h4,6-7,9,11-14,16H,5,8,10,15H2,1-3H3,(H,31,34). The Hall–Kier alpha value is -3.54. The second-order valence-corrected chi connectivity index (χ2v) is 9.23. The van der Waals surface area contributed by atoms with E-state index in [1.807, 2.05) is 19.9 Å². The van der Waals surface area contributed by atoms with E-state index >= 15 is 0 Å². The number of hydrogen-bond donors (Lipinski definition) is 1. The van der Waals surface area contributed by atoms with E-state index in [1.54, 1.807) is 23.6 Å². The molecule has 2 aromatic heterocycles. The van der Waals surface area contributed by atoms with Crippen LogP contribution < -0.4 is 5.32 Å². The molecule has 0 atom stereocenters. The molecule has 2 heterocycles. The summed E-state index contributed by atoms with van der Waals surface area (Å²) in [6, 6.07) is 13.6. The normalized spacial score (nSPS) is 13.0. The molecule has 6 heteroatoms. The largest absolute Gasteiger partial charge is 0.348 e. The number of halogens is 2. The first-order chi connectivity index (χ1) is 16.4. The summed E-state index contributed by atoms with van der Waals surface area (Å²) < 4.78 is 30.9. The fourth-order valence-electron chi connectivity index (χ4n) is 5.17. The van der Waals surface area contributed by atoms with E-state index in [-0.39, 0.29) is 17.4 Å². The molecule has 4 nitrogen and oxygen atoms in total. The number of nitrogens with zero attached hydrogens (tertiary/aromatic N) is 2. The van der Waals surface area contributed by atoms with Crippen LogP contribution in [0.1, 0.15) is 64.6 Å². The van der Waals surface area contributed by atoms with Gasteiger partial charge in [0, 0.05) is 12.1 Å². The van der Waals surface area contributed by atoms with Gasteiger partial charge in [0.05, 0.1) is 28.0 Å². The van der Waals surface area contributed by atoms with Crippen LogP contribution in [0.15, 0.2) is 48.5 Å². The van der Waals surface area contributed by atoms with Crippen molar-refractivity contribution in [3.63, 3.8) is 0 Å². The summed E-state index contributed by atoms with van der Waals surface area (Å²) in [6.07, 6.45) is 3.29. The van der Waals surface area contributed by atoms with Crippen molar-refractivity contribution >= 4 is 11.4 Å². The molecular formula is C28H27F2N3O. The maximum Gasteiger partial charge on any atom is 0.253 e. The number of benzene rings is 2. The zero-order valence-electron chi connectivity index (χ0n) is 19.6. The molecule has 1 amide bonds. The van der Waals surface area contributed by atoms with Crippen molar-refractivity contribution in [1.82, 2.24) is 14.9 Å². The molecule has 4 aromatic rings. The van der Waals surface area contributed by atoms with E-state index in [0.29, 0.717) is 34.6 Å². The van der Waals surface area contributed by atoms with Crippen molar-refractivity contribution < 1.29 is 13.6 Å². The number of nitrogens with one attached hydrogen (secondary N) is 1. The van der Waals surface area contributed by atoms with Gasteiger partial charge in [0.2, 0.25) is 0 Å². The van der Waals surface area contributed by atoms with Crippen molar-refractivity contribution in [2.24, 2.45) is 0 Å². The highest BCUT2D eigenvalue weighted by Gasteiger charge is 2.24. The minimum atomic E-state index is -0.638. The van der Waals surface area contributed by atoms with Crippen LogP contribution in [-0.2, 0) is 19.4 Å². The molecule has 34 heavy (non-hydrogen) atoms. The lowest BCUT2D eigenvalue weighted by Crippen LogP contribution is -2.26. The Morgan fingerprint density at radius 1 is 1.03 bits per heavy atom. The van der Waals surface area contributed by atoms with Crippen LogP contribution in [0.2, 0.25) is 0 Å². The topological polar surface area (TPSA) is 46.4 Å². The van der Waals surface area contributed by atoms with Crippen molar-refractivity contribution in [2.45, 2.75) is 52.5 Å². The van der Waals surface area contributed by atoms with E-state index in [4.69, 9.17) is 0 Å². The average molecular weight is 460 g/mol. The highest BCUT2D eigenvalue weighted by Crippen LogP contribution is 2.35. The number of pyridine rings is 1. The van der Waals surface area contributed by atoms with Crippen molar-refractivity contribution in [3.05, 3.63) is 93.8 Å². The molecule has 2 aromatic carbocycles. The van der Waals surface area contributed by atoms with Gasteiger partial charge in [0.1, 0.15) is 11.6 Å². The summed E-state index contributed by atoms with van der Waals surface area (Å²) in [6.45, 7) is 6.15. The van der Waals surface area contributed by atoms with Gasteiger partial charge in [-0.05, 0) is 73.1 Å². The summed E-state index contributed by atoms with van der Waals surface area (Å²) in [5.41, 5.74) is 6.48. The quantitative estimate of drug-likeness (QED) is 0.390. The lowest BCUT2D eigenvalue weighted by atomic mass is 9.99. The zero-order chi connectivity index (χ0) is 24.0. The molecule has 0 aliphatic heterocycles. The number of rotatable bonds is 5. The third kappa shape index (κ3) is 3.67. The highest BCUT2D eigenvalue weighted by atomic mass is 19.1. The minimum Gasteiger partial charge on any atom is -0.348 e. The van der Waals surface area contributed by atoms with Gasteiger partial charge in [0.15, 0.2) is 0 Å². The maximum absolute atomic E-state index is 14.6. The summed E-state index contributed by atoms with van der Waals surface area (Å²) in [5.74, 6) is -1.50. The van der Waals surface area contributed by atoms with Crippen LogP contribution in [0.3, 0.4) is 0 Å². The van der Waals surface area contributed by atoms with Gasteiger partial charge >= 0.3 is 0 Å². The van der Waals surface area contributed by atoms with Gasteiger partial charge in [0.25, 0.3) is 5.91 Å². The number of aryl methyl sites for hydroxylation is 2. The van der Waals surface area contributed by atoms with Crippen molar-refractivity contribution in [2.75, 3.05) is 0 Å². The number of carbonyl (C=O) groups is 1. The number of hydrogen-bond acceptors (Lipinski definition) is 2. The Kier molecular flexibility index (Phi) is 5.68. The Morgan fingerprint density at radius 2 is 1.76 bits per heavy atom. The molecule has 0 radical (unpaired) electrons. The summed E-state index contributed by atoms with van der Waals surface area (Å²) in [7, 11) is 0. The van der Waals surface area contributed by atoms with E-state index in [9.17, 15) is 13.6 Å². The fourth-order valence-corrected chi connectivity index (χ4v) is 5.17. The van der Waals surface area contributed by atoms with Gasteiger partial charge in [-0.15, -0.1) is 0 Å². The molecule has 1 N–H and O–H groups in total. The number of amides is 1. The first-order valence-electron chi connectivity index (χ1n) is 11.7. The molecule has 174 valence electrons. The molecule has 0 saturated heterocycles. The number of fused-ring (bicyclic) bond motifs is 2. The van der Waals surface area contributed by atoms with Crippen LogP contribution in [-0.4, -0.2) is 15.5 Å². The monoisotopic (exact) mass is 459 g/mol. The molecule has 0 saturated carbocycles. The lowest BCUT2D eigenvalue weighted by Gasteiger charge is -2.16. The Balaban J connectivity index is 1.54. The third-order valence-electron chi connectivity index (χ3n) is 6.69. The molecule has 1 aliphatic carbocycles. The molecule has 0 fully saturated rings. The van der Waals surface area contributed by atoms with Crippen LogP contribution in [0.5, 0.6) is 0 Å². The first-order valence-corrected chi connectivity index (χ1v) is 11.7. The Morgan fingerprint density at radius 3 is 2.50 bits per heavy atom. The molecule has 0 spiro atoms. The zero-order valence-corrected chi connectivity index (χ0v) is 19.6. The predicted octanol–water partition coefficient (Wildman–Crippen LogP) is 6.13. The maximum atomic E-state index is 14.6. The summed E-state index contributed by atoms with van der Waals surface area (Å²) in [5, 5.41) is 7.68. The second-order valence-electron chi connectivity index (χ2n) is 9.23. The average Bonchev–Trinajstić information content (AvgIpc) is 3.41.